The van der Waals surface area contributed by atoms with Crippen LogP contribution in [-0.2, 0) is 13.5 Å². The SMILES string of the molecule is Cn1cc(-c2cnc(Oc3cc(CCCCCO)cc(NC(=O)O)c3)nc2)cn1. The molecule has 0 saturated heterocycles. The predicted octanol–water partition coefficient (Wildman–Crippen LogP) is 3.46. The largest absolute Gasteiger partial charge is 0.465 e. The summed E-state index contributed by atoms with van der Waals surface area (Å²) in [5, 5.41) is 24.4. The monoisotopic (exact) mass is 397 g/mol. The third kappa shape index (κ3) is 6.01. The van der Waals surface area contributed by atoms with E-state index in [0.29, 0.717) is 11.4 Å². The third-order valence-electron chi connectivity index (χ3n) is 4.22. The molecule has 152 valence electrons. The number of hydrogen-bond donors (Lipinski definition) is 3. The van der Waals surface area contributed by atoms with E-state index < -0.39 is 6.09 Å². The Kier molecular flexibility index (Phi) is 6.75. The van der Waals surface area contributed by atoms with Crippen LogP contribution in [0.25, 0.3) is 11.1 Å². The normalized spacial score (nSPS) is 10.7. The molecule has 0 unspecified atom stereocenters. The number of rotatable bonds is 9. The number of nitrogens with one attached hydrogen (secondary N) is 1. The Labute approximate surface area is 168 Å². The maximum Gasteiger partial charge on any atom is 0.409 e. The van der Waals surface area contributed by atoms with E-state index in [1.165, 1.54) is 0 Å². The van der Waals surface area contributed by atoms with Crippen molar-refractivity contribution in [1.29, 1.82) is 0 Å². The molecule has 2 aromatic heterocycles. The molecule has 0 atom stereocenters. The molecule has 29 heavy (non-hydrogen) atoms. The molecule has 3 rings (SSSR count). The zero-order valence-electron chi connectivity index (χ0n) is 16.1. The van der Waals surface area contributed by atoms with E-state index >= 15 is 0 Å². The molecule has 0 fully saturated rings. The van der Waals surface area contributed by atoms with Crippen LogP contribution in [0.2, 0.25) is 0 Å². The van der Waals surface area contributed by atoms with E-state index in [9.17, 15) is 4.79 Å². The quantitative estimate of drug-likeness (QED) is 0.473. The summed E-state index contributed by atoms with van der Waals surface area (Å²) in [5.74, 6) is 0.447. The number of aromatic nitrogens is 4. The summed E-state index contributed by atoms with van der Waals surface area (Å²) in [6.45, 7) is 0.168. The van der Waals surface area contributed by atoms with Crippen molar-refractivity contribution in [3.63, 3.8) is 0 Å². The van der Waals surface area contributed by atoms with E-state index in [1.54, 1.807) is 35.4 Å². The molecule has 2 heterocycles. The summed E-state index contributed by atoms with van der Waals surface area (Å²) >= 11 is 0. The summed E-state index contributed by atoms with van der Waals surface area (Å²) in [6, 6.07) is 5.36. The minimum Gasteiger partial charge on any atom is -0.465 e. The van der Waals surface area contributed by atoms with Crippen LogP contribution in [0.3, 0.4) is 0 Å². The molecule has 9 nitrogen and oxygen atoms in total. The first kappa shape index (κ1) is 20.3. The van der Waals surface area contributed by atoms with Gasteiger partial charge in [-0.15, -0.1) is 0 Å². The average Bonchev–Trinajstić information content (AvgIpc) is 3.11. The molecule has 0 aliphatic heterocycles. The van der Waals surface area contributed by atoms with Gasteiger partial charge in [0.25, 0.3) is 0 Å². The first-order valence-electron chi connectivity index (χ1n) is 9.27. The van der Waals surface area contributed by atoms with Crippen molar-refractivity contribution < 1.29 is 19.7 Å². The maximum absolute atomic E-state index is 11.0. The molecule has 3 aromatic rings. The summed E-state index contributed by atoms with van der Waals surface area (Å²) < 4.78 is 7.45. The second-order valence-corrected chi connectivity index (χ2v) is 6.59. The number of ether oxygens (including phenoxy) is 1. The zero-order valence-corrected chi connectivity index (χ0v) is 16.1. The molecule has 1 aromatic carbocycles. The Hall–Kier alpha value is -3.46. The number of aryl methyl sites for hydroxylation is 2. The van der Waals surface area contributed by atoms with Crippen molar-refractivity contribution in [3.8, 4) is 22.9 Å². The first-order valence-corrected chi connectivity index (χ1v) is 9.27. The Bertz CT molecular complexity index is 956. The Balaban J connectivity index is 1.74. The highest BCUT2D eigenvalue weighted by Crippen LogP contribution is 2.26. The zero-order chi connectivity index (χ0) is 20.6. The number of amides is 1. The molecule has 0 bridgehead atoms. The molecule has 0 radical (unpaired) electrons. The second kappa shape index (κ2) is 9.65. The van der Waals surface area contributed by atoms with Gasteiger partial charge in [-0.3, -0.25) is 10.00 Å². The minimum atomic E-state index is -1.15. The van der Waals surface area contributed by atoms with Gasteiger partial charge in [-0.05, 0) is 37.0 Å². The van der Waals surface area contributed by atoms with Crippen LogP contribution in [0.15, 0.2) is 43.0 Å². The standard InChI is InChI=1S/C20H23N5O4/c1-25-13-16(12-23-25)15-10-21-19(22-11-15)29-18-8-14(5-3-2-4-6-26)7-17(9-18)24-20(27)28/h7-13,24,26H,2-6H2,1H3,(H,27,28). The minimum absolute atomic E-state index is 0.163. The van der Waals surface area contributed by atoms with Gasteiger partial charge in [0.15, 0.2) is 0 Å². The summed E-state index contributed by atoms with van der Waals surface area (Å²) in [4.78, 5) is 19.5. The van der Waals surface area contributed by atoms with E-state index in [1.807, 2.05) is 19.3 Å². The van der Waals surface area contributed by atoms with Gasteiger partial charge in [0.2, 0.25) is 0 Å². The lowest BCUT2D eigenvalue weighted by Crippen LogP contribution is -2.07. The Morgan fingerprint density at radius 1 is 1.10 bits per heavy atom. The number of anilines is 1. The molecule has 9 heteroatoms. The lowest BCUT2D eigenvalue weighted by Gasteiger charge is -2.10. The Morgan fingerprint density at radius 2 is 1.90 bits per heavy atom. The van der Waals surface area contributed by atoms with E-state index in [0.717, 1.165) is 42.4 Å². The van der Waals surface area contributed by atoms with Crippen LogP contribution in [0.1, 0.15) is 24.8 Å². The van der Waals surface area contributed by atoms with E-state index in [2.05, 4.69) is 20.4 Å². The lowest BCUT2D eigenvalue weighted by atomic mass is 10.1. The fraction of sp³-hybridized carbons (Fsp3) is 0.300. The number of aliphatic hydroxyl groups is 1. The molecule has 0 spiro atoms. The maximum atomic E-state index is 11.0. The molecule has 0 aliphatic rings. The fourth-order valence-corrected chi connectivity index (χ4v) is 2.87. The summed E-state index contributed by atoms with van der Waals surface area (Å²) in [7, 11) is 1.83. The number of carboxylic acid groups (broad SMARTS) is 1. The fourth-order valence-electron chi connectivity index (χ4n) is 2.87. The third-order valence-corrected chi connectivity index (χ3v) is 4.22. The van der Waals surface area contributed by atoms with Crippen LogP contribution in [0.5, 0.6) is 11.8 Å². The van der Waals surface area contributed by atoms with Gasteiger partial charge in [-0.1, -0.05) is 6.42 Å². The van der Waals surface area contributed by atoms with Crippen LogP contribution in [0.4, 0.5) is 10.5 Å². The van der Waals surface area contributed by atoms with E-state index in [-0.39, 0.29) is 12.6 Å². The van der Waals surface area contributed by atoms with Gasteiger partial charge < -0.3 is 14.9 Å². The lowest BCUT2D eigenvalue weighted by molar-refractivity contribution is 0.209. The van der Waals surface area contributed by atoms with Gasteiger partial charge in [0.1, 0.15) is 5.75 Å². The number of unbranched alkanes of at least 4 members (excludes halogenated alkanes) is 2. The topological polar surface area (TPSA) is 122 Å². The highest BCUT2D eigenvalue weighted by Gasteiger charge is 2.09. The number of aliphatic hydroxyl groups excluding tert-OH is 1. The van der Waals surface area contributed by atoms with Gasteiger partial charge in [0, 0.05) is 55.1 Å². The number of hydrogen-bond acceptors (Lipinski definition) is 6. The van der Waals surface area contributed by atoms with Crippen LogP contribution in [0, 0.1) is 0 Å². The van der Waals surface area contributed by atoms with Gasteiger partial charge in [-0.25, -0.2) is 14.8 Å². The Morgan fingerprint density at radius 3 is 2.55 bits per heavy atom. The van der Waals surface area contributed by atoms with Crippen LogP contribution < -0.4 is 10.1 Å². The van der Waals surface area contributed by atoms with Crippen molar-refractivity contribution in [3.05, 3.63) is 48.5 Å². The molecule has 3 N–H and O–H groups in total. The average molecular weight is 397 g/mol. The molecule has 0 saturated carbocycles. The summed E-state index contributed by atoms with van der Waals surface area (Å²) in [5.41, 5.74) is 3.06. The van der Waals surface area contributed by atoms with Crippen LogP contribution >= 0.6 is 0 Å². The van der Waals surface area contributed by atoms with Gasteiger partial charge in [-0.2, -0.15) is 5.10 Å². The smallest absolute Gasteiger partial charge is 0.409 e. The summed E-state index contributed by atoms with van der Waals surface area (Å²) in [6.07, 6.45) is 9.00. The number of benzene rings is 1. The van der Waals surface area contributed by atoms with Crippen LogP contribution in [-0.4, -0.2) is 42.7 Å². The molecular formula is C20H23N5O4. The predicted molar refractivity (Wildman–Crippen MR) is 107 cm³/mol. The highest BCUT2D eigenvalue weighted by atomic mass is 16.5. The van der Waals surface area contributed by atoms with Gasteiger partial charge in [0.05, 0.1) is 6.20 Å². The highest BCUT2D eigenvalue weighted by molar-refractivity contribution is 5.83. The van der Waals surface area contributed by atoms with Crippen molar-refractivity contribution in [2.45, 2.75) is 25.7 Å². The molecule has 1 amide bonds. The van der Waals surface area contributed by atoms with Crippen molar-refractivity contribution in [2.24, 2.45) is 7.05 Å². The van der Waals surface area contributed by atoms with Crippen molar-refractivity contribution in [2.75, 3.05) is 11.9 Å². The van der Waals surface area contributed by atoms with Crippen molar-refractivity contribution in [1.82, 2.24) is 19.7 Å². The first-order chi connectivity index (χ1) is 14.0. The number of nitrogens with zero attached hydrogens (tertiary/aromatic N) is 4. The van der Waals surface area contributed by atoms with Gasteiger partial charge >= 0.3 is 12.1 Å². The number of carbonyl (C=O) groups is 1. The molecular weight excluding hydrogens is 374 g/mol. The van der Waals surface area contributed by atoms with E-state index in [4.69, 9.17) is 14.9 Å². The second-order valence-electron chi connectivity index (χ2n) is 6.59. The van der Waals surface area contributed by atoms with Crippen molar-refractivity contribution >= 4 is 11.8 Å². The molecule has 0 aliphatic carbocycles.